The number of amides is 1. The second-order valence-corrected chi connectivity index (χ2v) is 7.30. The van der Waals surface area contributed by atoms with E-state index in [4.69, 9.17) is 0 Å². The Morgan fingerprint density at radius 2 is 2.09 bits per heavy atom. The van der Waals surface area contributed by atoms with Gasteiger partial charge in [-0.15, -0.1) is 22.7 Å². The topological polar surface area (TPSA) is 55.2 Å². The van der Waals surface area contributed by atoms with Gasteiger partial charge in [-0.3, -0.25) is 14.2 Å². The Kier molecular flexibility index (Phi) is 4.58. The highest BCUT2D eigenvalue weighted by Crippen LogP contribution is 2.17. The van der Waals surface area contributed by atoms with E-state index in [1.165, 1.54) is 32.7 Å². The van der Waals surface area contributed by atoms with Crippen molar-refractivity contribution in [3.8, 4) is 0 Å². The summed E-state index contributed by atoms with van der Waals surface area (Å²) >= 11 is 3.10. The molecular weight excluding hydrogens is 330 g/mol. The zero-order valence-corrected chi connectivity index (χ0v) is 14.6. The van der Waals surface area contributed by atoms with Crippen molar-refractivity contribution in [3.05, 3.63) is 50.0 Å². The predicted molar refractivity (Wildman–Crippen MR) is 94.0 cm³/mol. The normalized spacial score (nSPS) is 11.0. The van der Waals surface area contributed by atoms with Crippen molar-refractivity contribution in [2.24, 2.45) is 0 Å². The number of nitrogens with zero attached hydrogens (tertiary/aromatic N) is 3. The van der Waals surface area contributed by atoms with Crippen LogP contribution >= 0.6 is 22.7 Å². The molecule has 0 radical (unpaired) electrons. The summed E-state index contributed by atoms with van der Waals surface area (Å²) in [5, 5.41) is 4.50. The highest BCUT2D eigenvalue weighted by Gasteiger charge is 2.12. The molecule has 3 aromatic heterocycles. The average Bonchev–Trinajstić information content (AvgIpc) is 3.16. The first-order chi connectivity index (χ1) is 11.1. The molecule has 3 rings (SSSR count). The smallest absolute Gasteiger partial charge is 0.262 e. The number of carbonyl (C=O) groups excluding carboxylic acids is 1. The SMILES string of the molecule is Cc1ccsc1CN(C)C(=O)CCn1cnc2sccc2c1=O. The van der Waals surface area contributed by atoms with Gasteiger partial charge >= 0.3 is 0 Å². The first kappa shape index (κ1) is 15.9. The number of aryl methyl sites for hydroxylation is 2. The van der Waals surface area contributed by atoms with E-state index in [2.05, 4.69) is 11.1 Å². The summed E-state index contributed by atoms with van der Waals surface area (Å²) in [5.41, 5.74) is 1.12. The Balaban J connectivity index is 1.64. The first-order valence-corrected chi connectivity index (χ1v) is 9.02. The van der Waals surface area contributed by atoms with E-state index in [9.17, 15) is 9.59 Å². The number of hydrogen-bond acceptors (Lipinski definition) is 5. The second-order valence-electron chi connectivity index (χ2n) is 5.41. The highest BCUT2D eigenvalue weighted by atomic mass is 32.1. The molecule has 1 amide bonds. The molecular formula is C16H17N3O2S2. The van der Waals surface area contributed by atoms with Crippen molar-refractivity contribution in [2.45, 2.75) is 26.4 Å². The standard InChI is InChI=1S/C16H17N3O2S2/c1-11-4-7-22-13(11)9-18(2)14(20)3-6-19-10-17-15-12(16(19)21)5-8-23-15/h4-5,7-8,10H,3,6,9H2,1-2H3. The summed E-state index contributed by atoms with van der Waals surface area (Å²) < 4.78 is 1.51. The molecule has 0 unspecified atom stereocenters. The van der Waals surface area contributed by atoms with Crippen molar-refractivity contribution in [1.82, 2.24) is 14.5 Å². The van der Waals surface area contributed by atoms with Crippen LogP contribution in [0.4, 0.5) is 0 Å². The van der Waals surface area contributed by atoms with Crippen LogP contribution in [-0.2, 0) is 17.9 Å². The lowest BCUT2D eigenvalue weighted by atomic mass is 10.2. The van der Waals surface area contributed by atoms with E-state index in [0.29, 0.717) is 18.5 Å². The van der Waals surface area contributed by atoms with Gasteiger partial charge in [0.2, 0.25) is 5.91 Å². The minimum Gasteiger partial charge on any atom is -0.341 e. The minimum atomic E-state index is -0.0826. The lowest BCUT2D eigenvalue weighted by Gasteiger charge is -2.17. The van der Waals surface area contributed by atoms with Crippen LogP contribution in [0.5, 0.6) is 0 Å². The molecule has 0 aliphatic heterocycles. The fourth-order valence-corrected chi connectivity index (χ4v) is 4.01. The Morgan fingerprint density at radius 1 is 1.30 bits per heavy atom. The molecule has 0 aliphatic carbocycles. The zero-order chi connectivity index (χ0) is 16.4. The van der Waals surface area contributed by atoms with E-state index in [1.54, 1.807) is 29.4 Å². The van der Waals surface area contributed by atoms with Gasteiger partial charge in [-0.2, -0.15) is 0 Å². The monoisotopic (exact) mass is 347 g/mol. The summed E-state index contributed by atoms with van der Waals surface area (Å²) in [4.78, 5) is 32.5. The van der Waals surface area contributed by atoms with Crippen LogP contribution in [0.25, 0.3) is 10.2 Å². The number of aromatic nitrogens is 2. The Labute approximate surface area is 141 Å². The second kappa shape index (κ2) is 6.64. The van der Waals surface area contributed by atoms with Crippen molar-refractivity contribution >= 4 is 38.8 Å². The van der Waals surface area contributed by atoms with Gasteiger partial charge in [-0.05, 0) is 35.4 Å². The van der Waals surface area contributed by atoms with E-state index < -0.39 is 0 Å². The van der Waals surface area contributed by atoms with Crippen molar-refractivity contribution < 1.29 is 4.79 Å². The minimum absolute atomic E-state index is 0.0233. The van der Waals surface area contributed by atoms with Crippen molar-refractivity contribution in [2.75, 3.05) is 7.05 Å². The summed E-state index contributed by atoms with van der Waals surface area (Å²) in [6.45, 7) is 3.01. The molecule has 3 heterocycles. The Bertz CT molecular complexity index is 894. The molecule has 0 atom stereocenters. The van der Waals surface area contributed by atoms with Crippen molar-refractivity contribution in [3.63, 3.8) is 0 Å². The molecule has 0 aliphatic rings. The molecule has 0 saturated heterocycles. The maximum atomic E-state index is 12.3. The molecule has 23 heavy (non-hydrogen) atoms. The van der Waals surface area contributed by atoms with Gasteiger partial charge in [0.15, 0.2) is 0 Å². The fraction of sp³-hybridized carbons (Fsp3) is 0.312. The molecule has 7 heteroatoms. The summed E-state index contributed by atoms with van der Waals surface area (Å²) in [6.07, 6.45) is 1.82. The number of fused-ring (bicyclic) bond motifs is 1. The van der Waals surface area contributed by atoms with Gasteiger partial charge in [0.1, 0.15) is 4.83 Å². The molecule has 0 N–H and O–H groups in total. The van der Waals surface area contributed by atoms with Gasteiger partial charge in [0, 0.05) is 24.9 Å². The molecule has 0 fully saturated rings. The van der Waals surface area contributed by atoms with E-state index >= 15 is 0 Å². The largest absolute Gasteiger partial charge is 0.341 e. The number of hydrogen-bond donors (Lipinski definition) is 0. The quantitative estimate of drug-likeness (QED) is 0.713. The molecule has 0 spiro atoms. The third-order valence-electron chi connectivity index (χ3n) is 3.79. The number of thiophene rings is 2. The average molecular weight is 347 g/mol. The van der Waals surface area contributed by atoms with Crippen LogP contribution in [0, 0.1) is 6.92 Å². The first-order valence-electron chi connectivity index (χ1n) is 7.26. The van der Waals surface area contributed by atoms with Crippen LogP contribution in [0.1, 0.15) is 16.9 Å². The van der Waals surface area contributed by atoms with Gasteiger partial charge in [-0.25, -0.2) is 4.98 Å². The molecule has 120 valence electrons. The highest BCUT2D eigenvalue weighted by molar-refractivity contribution is 7.16. The molecule has 0 saturated carbocycles. The van der Waals surface area contributed by atoms with Gasteiger partial charge in [-0.1, -0.05) is 0 Å². The lowest BCUT2D eigenvalue weighted by Crippen LogP contribution is -2.29. The van der Waals surface area contributed by atoms with Gasteiger partial charge < -0.3 is 4.90 Å². The third kappa shape index (κ3) is 3.35. The van der Waals surface area contributed by atoms with Crippen molar-refractivity contribution in [1.29, 1.82) is 0 Å². The maximum Gasteiger partial charge on any atom is 0.262 e. The molecule has 3 aromatic rings. The van der Waals surface area contributed by atoms with Crippen LogP contribution in [-0.4, -0.2) is 27.4 Å². The summed E-state index contributed by atoms with van der Waals surface area (Å²) in [5.74, 6) is 0.0233. The van der Waals surface area contributed by atoms with Crippen LogP contribution in [0.3, 0.4) is 0 Å². The lowest BCUT2D eigenvalue weighted by molar-refractivity contribution is -0.130. The fourth-order valence-electron chi connectivity index (χ4n) is 2.33. The van der Waals surface area contributed by atoms with E-state index in [1.807, 2.05) is 17.7 Å². The third-order valence-corrected chi connectivity index (χ3v) is 5.62. The molecule has 5 nitrogen and oxygen atoms in total. The van der Waals surface area contributed by atoms with Crippen LogP contribution in [0.2, 0.25) is 0 Å². The molecule has 0 aromatic carbocycles. The van der Waals surface area contributed by atoms with E-state index in [0.717, 1.165) is 4.83 Å². The van der Waals surface area contributed by atoms with Gasteiger partial charge in [0.25, 0.3) is 5.56 Å². The predicted octanol–water partition coefficient (Wildman–Crippen LogP) is 2.88. The maximum absolute atomic E-state index is 12.3. The van der Waals surface area contributed by atoms with Crippen LogP contribution in [0.15, 0.2) is 34.0 Å². The Morgan fingerprint density at radius 3 is 2.83 bits per heavy atom. The summed E-state index contributed by atoms with van der Waals surface area (Å²) in [7, 11) is 1.80. The number of rotatable bonds is 5. The Hall–Kier alpha value is -1.99. The van der Waals surface area contributed by atoms with Gasteiger partial charge in [0.05, 0.1) is 18.3 Å². The zero-order valence-electron chi connectivity index (χ0n) is 13.0. The summed E-state index contributed by atoms with van der Waals surface area (Å²) in [6, 6.07) is 3.83. The van der Waals surface area contributed by atoms with E-state index in [-0.39, 0.29) is 17.9 Å². The molecule has 0 bridgehead atoms. The number of carbonyl (C=O) groups is 1. The van der Waals surface area contributed by atoms with Crippen LogP contribution < -0.4 is 5.56 Å².